The number of carbonyl (C=O) groups is 1. The third-order valence-electron chi connectivity index (χ3n) is 6.36. The van der Waals surface area contributed by atoms with E-state index in [1.165, 1.54) is 11.3 Å². The maximum Gasteiger partial charge on any atom is 0.219 e. The van der Waals surface area contributed by atoms with Crippen LogP contribution in [0.25, 0.3) is 0 Å². The van der Waals surface area contributed by atoms with Crippen molar-refractivity contribution >= 4 is 11.6 Å². The first-order chi connectivity index (χ1) is 14.2. The standard InChI is InChI=1S/C26H36N2O2/c1-21(29)28(19-22-11-13-24(14-12-22)27(4)5)17-15-26(23-9-7-6-8-10-23)16-18-30-25(2,3)20-26/h6-14H,15-20H2,1-5H3/t26-/m1/s1. The maximum atomic E-state index is 12.5. The molecule has 1 fully saturated rings. The zero-order valence-corrected chi connectivity index (χ0v) is 19.1. The molecule has 0 unspecified atom stereocenters. The number of hydrogen-bond acceptors (Lipinski definition) is 3. The summed E-state index contributed by atoms with van der Waals surface area (Å²) in [6.45, 7) is 8.19. The van der Waals surface area contributed by atoms with Crippen LogP contribution in [0.1, 0.15) is 51.2 Å². The van der Waals surface area contributed by atoms with E-state index >= 15 is 0 Å². The smallest absolute Gasteiger partial charge is 0.219 e. The lowest BCUT2D eigenvalue weighted by Crippen LogP contribution is -2.46. The van der Waals surface area contributed by atoms with Gasteiger partial charge in [0.2, 0.25) is 5.91 Å². The van der Waals surface area contributed by atoms with Crippen LogP contribution in [0.3, 0.4) is 0 Å². The van der Waals surface area contributed by atoms with Crippen LogP contribution in [0.4, 0.5) is 5.69 Å². The predicted molar refractivity (Wildman–Crippen MR) is 124 cm³/mol. The number of benzene rings is 2. The Hall–Kier alpha value is -2.33. The fourth-order valence-corrected chi connectivity index (χ4v) is 4.69. The van der Waals surface area contributed by atoms with E-state index in [2.05, 4.69) is 73.3 Å². The highest BCUT2D eigenvalue weighted by molar-refractivity contribution is 5.73. The Morgan fingerprint density at radius 2 is 1.70 bits per heavy atom. The van der Waals surface area contributed by atoms with Crippen LogP contribution in [0.2, 0.25) is 0 Å². The number of anilines is 1. The van der Waals surface area contributed by atoms with Crippen molar-refractivity contribution in [2.75, 3.05) is 32.1 Å². The van der Waals surface area contributed by atoms with Gasteiger partial charge >= 0.3 is 0 Å². The van der Waals surface area contributed by atoms with Gasteiger partial charge < -0.3 is 14.5 Å². The average molecular weight is 409 g/mol. The van der Waals surface area contributed by atoms with Crippen LogP contribution in [0, 0.1) is 0 Å². The normalized spacial score (nSPS) is 20.6. The molecule has 30 heavy (non-hydrogen) atoms. The second-order valence-electron chi connectivity index (χ2n) is 9.43. The van der Waals surface area contributed by atoms with Gasteiger partial charge in [0.1, 0.15) is 0 Å². The van der Waals surface area contributed by atoms with Gasteiger partial charge in [-0.2, -0.15) is 0 Å². The molecule has 1 aliphatic heterocycles. The van der Waals surface area contributed by atoms with Crippen molar-refractivity contribution < 1.29 is 9.53 Å². The Morgan fingerprint density at radius 3 is 2.27 bits per heavy atom. The molecule has 2 aromatic rings. The van der Waals surface area contributed by atoms with Crippen molar-refractivity contribution in [3.8, 4) is 0 Å². The molecule has 1 heterocycles. The molecule has 4 heteroatoms. The van der Waals surface area contributed by atoms with Crippen LogP contribution in [-0.2, 0) is 21.5 Å². The van der Waals surface area contributed by atoms with Crippen LogP contribution in [0.15, 0.2) is 54.6 Å². The van der Waals surface area contributed by atoms with Crippen molar-refractivity contribution in [1.29, 1.82) is 0 Å². The maximum absolute atomic E-state index is 12.5. The van der Waals surface area contributed by atoms with Gasteiger partial charge in [-0.15, -0.1) is 0 Å². The molecule has 162 valence electrons. The predicted octanol–water partition coefficient (Wildman–Crippen LogP) is 5.02. The molecule has 0 spiro atoms. The van der Waals surface area contributed by atoms with E-state index in [0.29, 0.717) is 6.54 Å². The summed E-state index contributed by atoms with van der Waals surface area (Å²) >= 11 is 0. The summed E-state index contributed by atoms with van der Waals surface area (Å²) in [6, 6.07) is 19.2. The highest BCUT2D eigenvalue weighted by Gasteiger charge is 2.42. The molecule has 1 atom stereocenters. The van der Waals surface area contributed by atoms with E-state index < -0.39 is 0 Å². The first-order valence-corrected chi connectivity index (χ1v) is 10.9. The highest BCUT2D eigenvalue weighted by Crippen LogP contribution is 2.44. The lowest BCUT2D eigenvalue weighted by atomic mass is 9.67. The monoisotopic (exact) mass is 408 g/mol. The van der Waals surface area contributed by atoms with Gasteiger partial charge in [0.25, 0.3) is 0 Å². The van der Waals surface area contributed by atoms with E-state index in [1.54, 1.807) is 6.92 Å². The van der Waals surface area contributed by atoms with E-state index in [-0.39, 0.29) is 16.9 Å². The fourth-order valence-electron chi connectivity index (χ4n) is 4.69. The molecule has 0 saturated carbocycles. The van der Waals surface area contributed by atoms with Crippen molar-refractivity contribution in [1.82, 2.24) is 4.90 Å². The third-order valence-corrected chi connectivity index (χ3v) is 6.36. The van der Waals surface area contributed by atoms with E-state index in [9.17, 15) is 4.79 Å². The Bertz CT molecular complexity index is 830. The summed E-state index contributed by atoms with van der Waals surface area (Å²) in [6.07, 6.45) is 2.90. The zero-order valence-electron chi connectivity index (χ0n) is 19.1. The number of ether oxygens (including phenoxy) is 1. The summed E-state index contributed by atoms with van der Waals surface area (Å²) in [4.78, 5) is 16.5. The quantitative estimate of drug-likeness (QED) is 0.645. The Morgan fingerprint density at radius 1 is 1.03 bits per heavy atom. The van der Waals surface area contributed by atoms with Gasteiger partial charge in [-0.3, -0.25) is 4.79 Å². The second-order valence-corrected chi connectivity index (χ2v) is 9.43. The molecular formula is C26H36N2O2. The van der Waals surface area contributed by atoms with Crippen LogP contribution in [-0.4, -0.2) is 43.7 Å². The second kappa shape index (κ2) is 9.22. The number of rotatable bonds is 7. The molecule has 1 amide bonds. The van der Waals surface area contributed by atoms with Crippen LogP contribution >= 0.6 is 0 Å². The largest absolute Gasteiger partial charge is 0.378 e. The van der Waals surface area contributed by atoms with Crippen molar-refractivity contribution in [2.45, 2.75) is 57.6 Å². The van der Waals surface area contributed by atoms with E-state index in [4.69, 9.17) is 4.74 Å². The van der Waals surface area contributed by atoms with Gasteiger partial charge in [0, 0.05) is 51.8 Å². The minimum Gasteiger partial charge on any atom is -0.378 e. The molecule has 4 nitrogen and oxygen atoms in total. The highest BCUT2D eigenvalue weighted by atomic mass is 16.5. The molecule has 3 rings (SSSR count). The Labute approximate surface area is 181 Å². The SMILES string of the molecule is CC(=O)N(CC[C@@]1(c2ccccc2)CCOC(C)(C)C1)Cc1ccc(N(C)C)cc1. The summed E-state index contributed by atoms with van der Waals surface area (Å²) in [5, 5.41) is 0. The van der Waals surface area contributed by atoms with Crippen LogP contribution in [0.5, 0.6) is 0 Å². The molecular weight excluding hydrogens is 372 g/mol. The lowest BCUT2D eigenvalue weighted by Gasteiger charge is -2.46. The summed E-state index contributed by atoms with van der Waals surface area (Å²) in [5.41, 5.74) is 3.57. The van der Waals surface area contributed by atoms with E-state index in [0.717, 1.165) is 38.0 Å². The third kappa shape index (κ3) is 5.42. The van der Waals surface area contributed by atoms with Crippen molar-refractivity contribution in [3.63, 3.8) is 0 Å². The fraction of sp³-hybridized carbons (Fsp3) is 0.500. The summed E-state index contributed by atoms with van der Waals surface area (Å²) in [7, 11) is 4.07. The Kier molecular flexibility index (Phi) is 6.87. The molecule has 0 aromatic heterocycles. The lowest BCUT2D eigenvalue weighted by molar-refractivity contribution is -0.130. The Balaban J connectivity index is 1.77. The minimum absolute atomic E-state index is 0.0332. The molecule has 1 saturated heterocycles. The minimum atomic E-state index is -0.156. The molecule has 0 radical (unpaired) electrons. The van der Waals surface area contributed by atoms with Gasteiger partial charge in [0.05, 0.1) is 5.60 Å². The number of nitrogens with zero attached hydrogens (tertiary/aromatic N) is 2. The van der Waals surface area contributed by atoms with Crippen molar-refractivity contribution in [2.24, 2.45) is 0 Å². The van der Waals surface area contributed by atoms with Gasteiger partial charge in [-0.1, -0.05) is 42.5 Å². The number of carbonyl (C=O) groups excluding carboxylic acids is 1. The molecule has 2 aromatic carbocycles. The molecule has 0 aliphatic carbocycles. The van der Waals surface area contributed by atoms with Crippen molar-refractivity contribution in [3.05, 3.63) is 65.7 Å². The van der Waals surface area contributed by atoms with Crippen LogP contribution < -0.4 is 4.90 Å². The first-order valence-electron chi connectivity index (χ1n) is 10.9. The average Bonchev–Trinajstić information content (AvgIpc) is 2.71. The number of amides is 1. The molecule has 1 aliphatic rings. The number of hydrogen-bond donors (Lipinski definition) is 0. The molecule has 0 N–H and O–H groups in total. The summed E-state index contributed by atoms with van der Waals surface area (Å²) in [5.74, 6) is 0.126. The van der Waals surface area contributed by atoms with Gasteiger partial charge in [-0.05, 0) is 56.4 Å². The van der Waals surface area contributed by atoms with Gasteiger partial charge in [0.15, 0.2) is 0 Å². The first kappa shape index (κ1) is 22.4. The van der Waals surface area contributed by atoms with E-state index in [1.807, 2.05) is 19.0 Å². The van der Waals surface area contributed by atoms with Gasteiger partial charge in [-0.25, -0.2) is 0 Å². The summed E-state index contributed by atoms with van der Waals surface area (Å²) < 4.78 is 6.04. The topological polar surface area (TPSA) is 32.8 Å². The molecule has 0 bridgehead atoms. The zero-order chi connectivity index (χ0) is 21.8.